The molecule has 0 bridgehead atoms. The lowest BCUT2D eigenvalue weighted by molar-refractivity contribution is -0.104. The number of aliphatic imine (C=N–C) groups is 1. The Morgan fingerprint density at radius 3 is 2.64 bits per heavy atom. The Hall–Kier alpha value is -1.44. The molecule has 2 heteroatoms. The van der Waals surface area contributed by atoms with Gasteiger partial charge in [0.15, 0.2) is 6.29 Å². The van der Waals surface area contributed by atoms with Gasteiger partial charge in [0.1, 0.15) is 0 Å². The van der Waals surface area contributed by atoms with Crippen molar-refractivity contribution in [3.63, 3.8) is 0 Å². The summed E-state index contributed by atoms with van der Waals surface area (Å²) in [4.78, 5) is 14.1. The van der Waals surface area contributed by atoms with Gasteiger partial charge in [0, 0.05) is 11.8 Å². The molecule has 0 aromatic carbocycles. The third-order valence-corrected chi connectivity index (χ3v) is 0.921. The Kier molecular flexibility index (Phi) is 5.80. The molecule has 0 radical (unpaired) electrons. The van der Waals surface area contributed by atoms with E-state index in [9.17, 15) is 4.79 Å². The lowest BCUT2D eigenvalue weighted by Gasteiger charge is -1.84. The fourth-order valence-electron chi connectivity index (χ4n) is 0.481. The average Bonchev–Trinajstić information content (AvgIpc) is 2.03. The van der Waals surface area contributed by atoms with Crippen LogP contribution < -0.4 is 0 Å². The summed E-state index contributed by atoms with van der Waals surface area (Å²) in [7, 11) is 0. The Bertz CT molecular complexity index is 202. The summed E-state index contributed by atoms with van der Waals surface area (Å²) in [5.41, 5.74) is 0.516. The van der Waals surface area contributed by atoms with E-state index >= 15 is 0 Å². The first kappa shape index (κ1) is 9.56. The van der Waals surface area contributed by atoms with E-state index < -0.39 is 0 Å². The van der Waals surface area contributed by atoms with E-state index in [0.29, 0.717) is 12.1 Å². The van der Waals surface area contributed by atoms with Gasteiger partial charge in [0.2, 0.25) is 0 Å². The van der Waals surface area contributed by atoms with Gasteiger partial charge in [0.25, 0.3) is 0 Å². The molecule has 0 aromatic heterocycles. The second kappa shape index (κ2) is 6.68. The van der Waals surface area contributed by atoms with Crippen LogP contribution in [0.4, 0.5) is 0 Å². The zero-order valence-corrected chi connectivity index (χ0v) is 6.36. The highest BCUT2D eigenvalue weighted by atomic mass is 16.1. The highest BCUT2D eigenvalue weighted by Gasteiger charge is 1.84. The van der Waals surface area contributed by atoms with Crippen LogP contribution >= 0.6 is 0 Å². The van der Waals surface area contributed by atoms with Gasteiger partial charge in [-0.05, 0) is 0 Å². The molecule has 0 unspecified atom stereocenters. The summed E-state index contributed by atoms with van der Waals surface area (Å²) in [6.45, 7) is 7.48. The smallest absolute Gasteiger partial charge is 0.151 e. The van der Waals surface area contributed by atoms with Crippen molar-refractivity contribution in [2.24, 2.45) is 4.99 Å². The third-order valence-electron chi connectivity index (χ3n) is 0.921. The SMILES string of the molecule is C=C/C=C(\C=O)C=NCC=C. The molecule has 0 saturated carbocycles. The first-order valence-corrected chi connectivity index (χ1v) is 3.23. The number of rotatable bonds is 5. The van der Waals surface area contributed by atoms with E-state index in [1.54, 1.807) is 18.2 Å². The summed E-state index contributed by atoms with van der Waals surface area (Å²) in [5.74, 6) is 0. The number of nitrogens with zero attached hydrogens (tertiary/aromatic N) is 1. The predicted octanol–water partition coefficient (Wildman–Crippen LogP) is 1.55. The number of aldehydes is 1. The molecular weight excluding hydrogens is 138 g/mol. The molecular formula is C9H11NO. The minimum absolute atomic E-state index is 0.516. The van der Waals surface area contributed by atoms with Crippen LogP contribution in [0.1, 0.15) is 0 Å². The molecule has 0 aliphatic heterocycles. The lowest BCUT2D eigenvalue weighted by atomic mass is 10.3. The molecule has 0 aromatic rings. The fraction of sp³-hybridized carbons (Fsp3) is 0.111. The van der Waals surface area contributed by atoms with Gasteiger partial charge >= 0.3 is 0 Å². The monoisotopic (exact) mass is 149 g/mol. The first-order chi connectivity index (χ1) is 5.35. The Morgan fingerprint density at radius 1 is 1.45 bits per heavy atom. The van der Waals surface area contributed by atoms with E-state index in [-0.39, 0.29) is 0 Å². The zero-order chi connectivity index (χ0) is 8.53. The maximum atomic E-state index is 10.3. The Morgan fingerprint density at radius 2 is 2.18 bits per heavy atom. The largest absolute Gasteiger partial charge is 0.298 e. The molecule has 0 amide bonds. The summed E-state index contributed by atoms with van der Waals surface area (Å²) < 4.78 is 0. The number of allylic oxidation sites excluding steroid dienone is 3. The summed E-state index contributed by atoms with van der Waals surface area (Å²) in [6, 6.07) is 0. The number of hydrogen-bond acceptors (Lipinski definition) is 2. The molecule has 0 spiro atoms. The van der Waals surface area contributed by atoms with Crippen LogP contribution in [-0.4, -0.2) is 19.0 Å². The molecule has 2 nitrogen and oxygen atoms in total. The molecule has 0 rings (SSSR count). The normalized spacial score (nSPS) is 11.5. The number of carbonyl (C=O) groups excluding carboxylic acids is 1. The van der Waals surface area contributed by atoms with Gasteiger partial charge in [0.05, 0.1) is 6.54 Å². The molecule has 58 valence electrons. The van der Waals surface area contributed by atoms with E-state index in [2.05, 4.69) is 18.2 Å². The standard InChI is InChI=1S/C9H11NO/c1-3-5-9(8-11)7-10-6-4-2/h3-5,7-8H,1-2,6H2/b9-5-,10-7?. The number of carbonyl (C=O) groups is 1. The highest BCUT2D eigenvalue weighted by molar-refractivity contribution is 6.02. The van der Waals surface area contributed by atoms with Crippen LogP contribution in [0.5, 0.6) is 0 Å². The third kappa shape index (κ3) is 5.03. The van der Waals surface area contributed by atoms with E-state index in [1.165, 1.54) is 6.21 Å². The van der Waals surface area contributed by atoms with Crippen molar-refractivity contribution >= 4 is 12.5 Å². The zero-order valence-electron chi connectivity index (χ0n) is 6.36. The summed E-state index contributed by atoms with van der Waals surface area (Å²) >= 11 is 0. The Balaban J connectivity index is 4.06. The van der Waals surface area contributed by atoms with Crippen LogP contribution in [0.25, 0.3) is 0 Å². The Labute approximate surface area is 66.6 Å². The van der Waals surface area contributed by atoms with Gasteiger partial charge in [-0.25, -0.2) is 0 Å². The van der Waals surface area contributed by atoms with Crippen LogP contribution in [0.15, 0.2) is 42.0 Å². The second-order valence-electron chi connectivity index (χ2n) is 1.80. The second-order valence-corrected chi connectivity index (χ2v) is 1.80. The quantitative estimate of drug-likeness (QED) is 0.192. The van der Waals surface area contributed by atoms with Crippen molar-refractivity contribution in [2.75, 3.05) is 6.54 Å². The molecule has 0 aliphatic rings. The maximum Gasteiger partial charge on any atom is 0.151 e. The molecule has 0 N–H and O–H groups in total. The molecule has 0 atom stereocenters. The van der Waals surface area contributed by atoms with Crippen molar-refractivity contribution in [3.8, 4) is 0 Å². The van der Waals surface area contributed by atoms with Crippen LogP contribution in [-0.2, 0) is 4.79 Å². The maximum absolute atomic E-state index is 10.3. The van der Waals surface area contributed by atoms with Gasteiger partial charge < -0.3 is 0 Å². The number of hydrogen-bond donors (Lipinski definition) is 0. The summed E-state index contributed by atoms with van der Waals surface area (Å²) in [6.07, 6.45) is 7.03. The van der Waals surface area contributed by atoms with Gasteiger partial charge in [-0.3, -0.25) is 9.79 Å². The van der Waals surface area contributed by atoms with Crippen molar-refractivity contribution in [1.29, 1.82) is 0 Å². The van der Waals surface area contributed by atoms with Crippen molar-refractivity contribution < 1.29 is 4.79 Å². The van der Waals surface area contributed by atoms with Crippen LogP contribution in [0.3, 0.4) is 0 Å². The van der Waals surface area contributed by atoms with Crippen molar-refractivity contribution in [3.05, 3.63) is 37.0 Å². The van der Waals surface area contributed by atoms with E-state index in [0.717, 1.165) is 6.29 Å². The fourth-order valence-corrected chi connectivity index (χ4v) is 0.481. The average molecular weight is 149 g/mol. The predicted molar refractivity (Wildman–Crippen MR) is 47.9 cm³/mol. The van der Waals surface area contributed by atoms with Gasteiger partial charge in [-0.2, -0.15) is 0 Å². The summed E-state index contributed by atoms with van der Waals surface area (Å²) in [5, 5.41) is 0. The van der Waals surface area contributed by atoms with E-state index in [4.69, 9.17) is 0 Å². The highest BCUT2D eigenvalue weighted by Crippen LogP contribution is 1.85. The van der Waals surface area contributed by atoms with Gasteiger partial charge in [-0.15, -0.1) is 6.58 Å². The van der Waals surface area contributed by atoms with Crippen LogP contribution in [0, 0.1) is 0 Å². The van der Waals surface area contributed by atoms with Crippen LogP contribution in [0.2, 0.25) is 0 Å². The first-order valence-electron chi connectivity index (χ1n) is 3.23. The van der Waals surface area contributed by atoms with Gasteiger partial charge in [-0.1, -0.05) is 24.8 Å². The molecule has 0 fully saturated rings. The van der Waals surface area contributed by atoms with E-state index in [1.807, 2.05) is 0 Å². The minimum Gasteiger partial charge on any atom is -0.298 e. The topological polar surface area (TPSA) is 29.4 Å². The van der Waals surface area contributed by atoms with Crippen molar-refractivity contribution in [2.45, 2.75) is 0 Å². The molecule has 11 heavy (non-hydrogen) atoms. The van der Waals surface area contributed by atoms with Crippen molar-refractivity contribution in [1.82, 2.24) is 0 Å². The lowest BCUT2D eigenvalue weighted by Crippen LogP contribution is -1.85. The molecule has 0 heterocycles. The molecule has 0 aliphatic carbocycles. The minimum atomic E-state index is 0.516. The molecule has 0 saturated heterocycles.